The van der Waals surface area contributed by atoms with E-state index in [-0.39, 0.29) is 12.1 Å². The van der Waals surface area contributed by atoms with Crippen LogP contribution < -0.4 is 10.6 Å². The average Bonchev–Trinajstić information content (AvgIpc) is 3.11. The number of nitrogens with one attached hydrogen (secondary N) is 2. The van der Waals surface area contributed by atoms with E-state index >= 15 is 0 Å². The monoisotopic (exact) mass is 323 g/mol. The third kappa shape index (κ3) is 3.72. The molecule has 0 aliphatic heterocycles. The Hall–Kier alpha value is -3.29. The van der Waals surface area contributed by atoms with Gasteiger partial charge in [0.15, 0.2) is 5.82 Å². The average molecular weight is 323 g/mol. The van der Waals surface area contributed by atoms with Crippen molar-refractivity contribution in [2.75, 3.05) is 0 Å². The molecular formula is C16H17N7O. The lowest BCUT2D eigenvalue weighted by Gasteiger charge is -2.14. The van der Waals surface area contributed by atoms with Crippen LogP contribution in [0.15, 0.2) is 54.9 Å². The van der Waals surface area contributed by atoms with Crippen LogP contribution in [-0.4, -0.2) is 31.2 Å². The Morgan fingerprint density at radius 2 is 1.92 bits per heavy atom. The molecule has 0 aliphatic rings. The van der Waals surface area contributed by atoms with Crippen molar-refractivity contribution < 1.29 is 4.79 Å². The first-order valence-electron chi connectivity index (χ1n) is 7.51. The highest BCUT2D eigenvalue weighted by Gasteiger charge is 2.17. The number of urea groups is 1. The second-order valence-corrected chi connectivity index (χ2v) is 5.19. The van der Waals surface area contributed by atoms with Crippen LogP contribution in [-0.2, 0) is 6.54 Å². The number of nitrogens with zero attached hydrogens (tertiary/aromatic N) is 5. The summed E-state index contributed by atoms with van der Waals surface area (Å²) >= 11 is 0. The number of hydrogen-bond acceptors (Lipinski definition) is 5. The van der Waals surface area contributed by atoms with Crippen molar-refractivity contribution in [3.05, 3.63) is 66.2 Å². The Morgan fingerprint density at radius 3 is 2.67 bits per heavy atom. The van der Waals surface area contributed by atoms with Crippen LogP contribution in [0.25, 0.3) is 5.69 Å². The van der Waals surface area contributed by atoms with Gasteiger partial charge in [0.1, 0.15) is 0 Å². The first kappa shape index (κ1) is 15.6. The lowest BCUT2D eigenvalue weighted by atomic mass is 10.2. The van der Waals surface area contributed by atoms with Gasteiger partial charge >= 0.3 is 6.03 Å². The molecule has 0 spiro atoms. The summed E-state index contributed by atoms with van der Waals surface area (Å²) < 4.78 is 1.60. The third-order valence-electron chi connectivity index (χ3n) is 3.43. The molecule has 1 atom stereocenters. The van der Waals surface area contributed by atoms with Gasteiger partial charge in [-0.2, -0.15) is 4.68 Å². The van der Waals surface area contributed by atoms with Gasteiger partial charge in [-0.25, -0.2) is 4.79 Å². The topological polar surface area (TPSA) is 97.6 Å². The van der Waals surface area contributed by atoms with Crippen LogP contribution in [0.1, 0.15) is 24.4 Å². The molecule has 1 unspecified atom stereocenters. The maximum atomic E-state index is 12.1. The number of carbonyl (C=O) groups excluding carboxylic acids is 1. The van der Waals surface area contributed by atoms with Crippen LogP contribution in [0.3, 0.4) is 0 Å². The molecule has 8 heteroatoms. The van der Waals surface area contributed by atoms with E-state index in [9.17, 15) is 4.79 Å². The van der Waals surface area contributed by atoms with Crippen molar-refractivity contribution in [3.63, 3.8) is 0 Å². The number of para-hydroxylation sites is 1. The van der Waals surface area contributed by atoms with E-state index in [0.717, 1.165) is 11.3 Å². The van der Waals surface area contributed by atoms with Crippen molar-refractivity contribution in [2.24, 2.45) is 0 Å². The minimum absolute atomic E-state index is 0.290. The highest BCUT2D eigenvalue weighted by molar-refractivity contribution is 5.74. The quantitative estimate of drug-likeness (QED) is 0.743. The van der Waals surface area contributed by atoms with Gasteiger partial charge in [0.2, 0.25) is 0 Å². The van der Waals surface area contributed by atoms with Gasteiger partial charge < -0.3 is 10.6 Å². The number of hydrogen-bond donors (Lipinski definition) is 2. The first-order valence-corrected chi connectivity index (χ1v) is 7.51. The van der Waals surface area contributed by atoms with Crippen molar-refractivity contribution >= 4 is 6.03 Å². The van der Waals surface area contributed by atoms with Crippen molar-refractivity contribution in [1.82, 2.24) is 35.8 Å². The van der Waals surface area contributed by atoms with Gasteiger partial charge in [0.05, 0.1) is 11.7 Å². The zero-order valence-electron chi connectivity index (χ0n) is 13.1. The van der Waals surface area contributed by atoms with Crippen molar-refractivity contribution in [3.8, 4) is 5.69 Å². The van der Waals surface area contributed by atoms with E-state index in [1.807, 2.05) is 49.4 Å². The minimum atomic E-state index is -0.349. The van der Waals surface area contributed by atoms with Gasteiger partial charge in [-0.3, -0.25) is 4.98 Å². The van der Waals surface area contributed by atoms with Gasteiger partial charge in [-0.05, 0) is 47.2 Å². The van der Waals surface area contributed by atoms with E-state index in [1.165, 1.54) is 0 Å². The molecule has 0 radical (unpaired) electrons. The number of amides is 2. The van der Waals surface area contributed by atoms with Crippen LogP contribution in [0.5, 0.6) is 0 Å². The number of benzene rings is 1. The summed E-state index contributed by atoms with van der Waals surface area (Å²) in [4.78, 5) is 16.0. The summed E-state index contributed by atoms with van der Waals surface area (Å²) in [6.07, 6.45) is 3.37. The predicted molar refractivity (Wildman–Crippen MR) is 87.2 cm³/mol. The molecule has 3 aromatic rings. The molecular weight excluding hydrogens is 306 g/mol. The second kappa shape index (κ2) is 7.32. The molecule has 2 N–H and O–H groups in total. The molecule has 122 valence electrons. The van der Waals surface area contributed by atoms with Crippen LogP contribution >= 0.6 is 0 Å². The summed E-state index contributed by atoms with van der Waals surface area (Å²) in [5, 5.41) is 17.3. The van der Waals surface area contributed by atoms with E-state index < -0.39 is 0 Å². The zero-order valence-corrected chi connectivity index (χ0v) is 13.1. The minimum Gasteiger partial charge on any atom is -0.334 e. The molecule has 24 heavy (non-hydrogen) atoms. The number of rotatable bonds is 5. The van der Waals surface area contributed by atoms with Gasteiger partial charge in [-0.15, -0.1) is 5.10 Å². The third-order valence-corrected chi connectivity index (χ3v) is 3.43. The van der Waals surface area contributed by atoms with Crippen LogP contribution in [0.4, 0.5) is 4.79 Å². The SMILES string of the molecule is CC(NC(=O)NCc1ccncc1)c1nnnn1-c1ccccc1. The number of pyridine rings is 1. The first-order chi connectivity index (χ1) is 11.7. The predicted octanol–water partition coefficient (Wildman–Crippen LogP) is 1.62. The van der Waals surface area contributed by atoms with Crippen molar-refractivity contribution in [1.29, 1.82) is 0 Å². The standard InChI is InChI=1S/C16H17N7O/c1-12(19-16(24)18-11-13-7-9-17-10-8-13)15-20-21-22-23(15)14-5-3-2-4-6-14/h2-10,12H,11H2,1H3,(H2,18,19,24). The molecule has 0 saturated carbocycles. The summed E-state index contributed by atoms with van der Waals surface area (Å²) in [6.45, 7) is 2.25. The molecule has 2 heterocycles. The fourth-order valence-corrected chi connectivity index (χ4v) is 2.21. The second-order valence-electron chi connectivity index (χ2n) is 5.19. The van der Waals surface area contributed by atoms with E-state index in [4.69, 9.17) is 0 Å². The Balaban J connectivity index is 1.62. The lowest BCUT2D eigenvalue weighted by molar-refractivity contribution is 0.237. The molecule has 0 fully saturated rings. The summed E-state index contributed by atoms with van der Waals surface area (Å²) in [7, 11) is 0. The largest absolute Gasteiger partial charge is 0.334 e. The lowest BCUT2D eigenvalue weighted by Crippen LogP contribution is -2.37. The van der Waals surface area contributed by atoms with Gasteiger partial charge in [0, 0.05) is 18.9 Å². The Morgan fingerprint density at radius 1 is 1.17 bits per heavy atom. The molecule has 2 aromatic heterocycles. The summed E-state index contributed by atoms with van der Waals surface area (Å²) in [5.41, 5.74) is 1.81. The highest BCUT2D eigenvalue weighted by Crippen LogP contribution is 2.13. The van der Waals surface area contributed by atoms with E-state index in [1.54, 1.807) is 17.1 Å². The number of aromatic nitrogens is 5. The number of tetrazole rings is 1. The summed E-state index contributed by atoms with van der Waals surface area (Å²) in [6, 6.07) is 12.6. The molecule has 3 rings (SSSR count). The molecule has 0 aliphatic carbocycles. The van der Waals surface area contributed by atoms with Gasteiger partial charge in [-0.1, -0.05) is 18.2 Å². The van der Waals surface area contributed by atoms with E-state index in [2.05, 4.69) is 31.1 Å². The molecule has 8 nitrogen and oxygen atoms in total. The fraction of sp³-hybridized carbons (Fsp3) is 0.188. The molecule has 2 amide bonds. The van der Waals surface area contributed by atoms with Gasteiger partial charge in [0.25, 0.3) is 0 Å². The normalized spacial score (nSPS) is 11.7. The van der Waals surface area contributed by atoms with E-state index in [0.29, 0.717) is 12.4 Å². The van der Waals surface area contributed by atoms with Crippen LogP contribution in [0, 0.1) is 0 Å². The smallest absolute Gasteiger partial charge is 0.315 e. The highest BCUT2D eigenvalue weighted by atomic mass is 16.2. The van der Waals surface area contributed by atoms with Crippen LogP contribution in [0.2, 0.25) is 0 Å². The fourth-order valence-electron chi connectivity index (χ4n) is 2.21. The summed E-state index contributed by atoms with van der Waals surface area (Å²) in [5.74, 6) is 0.556. The zero-order chi connectivity index (χ0) is 16.8. The molecule has 0 saturated heterocycles. The Bertz CT molecular complexity index is 788. The molecule has 1 aromatic carbocycles. The Labute approximate surface area is 138 Å². The maximum Gasteiger partial charge on any atom is 0.315 e. The molecule has 0 bridgehead atoms. The maximum absolute atomic E-state index is 12.1. The van der Waals surface area contributed by atoms with Crippen molar-refractivity contribution in [2.45, 2.75) is 19.5 Å². The number of carbonyl (C=O) groups is 1. The Kier molecular flexibility index (Phi) is 4.76.